The van der Waals surface area contributed by atoms with Crippen LogP contribution >= 0.6 is 11.6 Å². The lowest BCUT2D eigenvalue weighted by atomic mass is 10.0. The average molecular weight is 373 g/mol. The number of hydrogen-bond acceptors (Lipinski definition) is 3. The maximum absolute atomic E-state index is 12.8. The normalized spacial score (nSPS) is 15.3. The zero-order chi connectivity index (χ0) is 19.1. The summed E-state index contributed by atoms with van der Waals surface area (Å²) in [5, 5.41) is 3.36. The monoisotopic (exact) mass is 372 g/mol. The van der Waals surface area contributed by atoms with Gasteiger partial charge < -0.3 is 10.1 Å². The van der Waals surface area contributed by atoms with Crippen LogP contribution in [0.2, 0.25) is 5.02 Å². The molecule has 0 fully saturated rings. The second-order valence-corrected chi connectivity index (χ2v) is 7.42. The van der Waals surface area contributed by atoms with Crippen molar-refractivity contribution in [1.82, 2.24) is 0 Å². The Balaban J connectivity index is 1.88. The van der Waals surface area contributed by atoms with Gasteiger partial charge in [0.25, 0.3) is 5.91 Å². The third-order valence-electron chi connectivity index (χ3n) is 4.31. The fraction of sp³-hybridized carbons (Fsp3) is 0.300. The first-order valence-electron chi connectivity index (χ1n) is 8.35. The van der Waals surface area contributed by atoms with Crippen molar-refractivity contribution in [1.29, 1.82) is 0 Å². The molecule has 3 rings (SSSR count). The van der Waals surface area contributed by atoms with E-state index in [4.69, 9.17) is 16.3 Å². The first-order chi connectivity index (χ1) is 12.2. The predicted octanol–water partition coefficient (Wildman–Crippen LogP) is 4.10. The van der Waals surface area contributed by atoms with Gasteiger partial charge in [-0.3, -0.25) is 14.5 Å². The van der Waals surface area contributed by atoms with Gasteiger partial charge in [-0.15, -0.1) is 0 Å². The topological polar surface area (TPSA) is 58.6 Å². The predicted molar refractivity (Wildman–Crippen MR) is 103 cm³/mol. The molecule has 2 aromatic rings. The van der Waals surface area contributed by atoms with E-state index in [-0.39, 0.29) is 18.4 Å². The Morgan fingerprint density at radius 2 is 1.92 bits per heavy atom. The number of anilines is 2. The fourth-order valence-electron chi connectivity index (χ4n) is 2.90. The number of carbonyl (C=O) groups excluding carboxylic acids is 2. The molecule has 0 saturated carbocycles. The summed E-state index contributed by atoms with van der Waals surface area (Å²) in [5.74, 6) is -0.0439. The molecule has 26 heavy (non-hydrogen) atoms. The zero-order valence-corrected chi connectivity index (χ0v) is 16.0. The van der Waals surface area contributed by atoms with Crippen LogP contribution in [-0.2, 0) is 9.59 Å². The molecule has 0 aliphatic carbocycles. The first kappa shape index (κ1) is 18.3. The summed E-state index contributed by atoms with van der Waals surface area (Å²) in [6.07, 6.45) is 0. The summed E-state index contributed by atoms with van der Waals surface area (Å²) < 4.78 is 5.77. The second-order valence-electron chi connectivity index (χ2n) is 6.98. The number of nitrogens with zero attached hydrogens (tertiary/aromatic N) is 1. The van der Waals surface area contributed by atoms with Crippen molar-refractivity contribution in [3.05, 3.63) is 52.5 Å². The van der Waals surface area contributed by atoms with Gasteiger partial charge in [0.2, 0.25) is 5.91 Å². The minimum absolute atomic E-state index is 0.119. The number of hydrogen-bond donors (Lipinski definition) is 1. The molecule has 2 amide bonds. The summed E-state index contributed by atoms with van der Waals surface area (Å²) in [6.45, 7) is 7.13. The number of benzene rings is 2. The molecule has 0 atom stereocenters. The molecule has 0 aromatic heterocycles. The van der Waals surface area contributed by atoms with Gasteiger partial charge in [-0.25, -0.2) is 0 Å². The molecule has 0 unspecified atom stereocenters. The van der Waals surface area contributed by atoms with E-state index >= 15 is 0 Å². The van der Waals surface area contributed by atoms with Crippen LogP contribution in [0.25, 0.3) is 0 Å². The number of amides is 2. The van der Waals surface area contributed by atoms with E-state index < -0.39 is 5.60 Å². The Kier molecular flexibility index (Phi) is 4.67. The van der Waals surface area contributed by atoms with E-state index in [1.807, 2.05) is 32.0 Å². The van der Waals surface area contributed by atoms with Crippen molar-refractivity contribution in [2.75, 3.05) is 16.8 Å². The third kappa shape index (κ3) is 3.53. The molecule has 5 nitrogen and oxygen atoms in total. The number of carbonyl (C=O) groups is 2. The van der Waals surface area contributed by atoms with E-state index in [0.717, 1.165) is 16.8 Å². The van der Waals surface area contributed by atoms with E-state index in [2.05, 4.69) is 5.32 Å². The van der Waals surface area contributed by atoms with Crippen LogP contribution < -0.4 is 15.0 Å². The summed E-state index contributed by atoms with van der Waals surface area (Å²) in [4.78, 5) is 26.8. The number of fused-ring (bicyclic) bond motifs is 1. The maximum atomic E-state index is 12.8. The Morgan fingerprint density at radius 1 is 1.19 bits per heavy atom. The van der Waals surface area contributed by atoms with Crippen LogP contribution in [0.5, 0.6) is 5.75 Å². The molecular formula is C20H21ClN2O3. The highest BCUT2D eigenvalue weighted by molar-refractivity contribution is 6.31. The SMILES string of the molecule is Cc1ccc(C)c(NC(=O)CN2C(=O)C(C)(C)Oc3ccc(Cl)cc32)c1. The highest BCUT2D eigenvalue weighted by Gasteiger charge is 2.41. The molecule has 6 heteroatoms. The van der Waals surface area contributed by atoms with Crippen LogP contribution in [0, 0.1) is 13.8 Å². The summed E-state index contributed by atoms with van der Waals surface area (Å²) in [5.41, 5.74) is 2.19. The highest BCUT2D eigenvalue weighted by Crippen LogP contribution is 2.39. The quantitative estimate of drug-likeness (QED) is 0.882. The number of aryl methyl sites for hydroxylation is 2. The molecule has 0 bridgehead atoms. The fourth-order valence-corrected chi connectivity index (χ4v) is 3.07. The average Bonchev–Trinajstić information content (AvgIpc) is 2.56. The Hall–Kier alpha value is -2.53. The van der Waals surface area contributed by atoms with Crippen molar-refractivity contribution in [3.8, 4) is 5.75 Å². The van der Waals surface area contributed by atoms with Crippen LogP contribution in [0.3, 0.4) is 0 Å². The smallest absolute Gasteiger partial charge is 0.271 e. The lowest BCUT2D eigenvalue weighted by molar-refractivity contribution is -0.133. The van der Waals surface area contributed by atoms with E-state index in [1.165, 1.54) is 4.90 Å². The number of halogens is 1. The molecule has 1 aliphatic heterocycles. The lowest BCUT2D eigenvalue weighted by Gasteiger charge is -2.38. The molecule has 0 spiro atoms. The van der Waals surface area contributed by atoms with Gasteiger partial charge >= 0.3 is 0 Å². The first-order valence-corrected chi connectivity index (χ1v) is 8.73. The standard InChI is InChI=1S/C20H21ClN2O3/c1-12-5-6-13(2)15(9-12)22-18(24)11-23-16-10-14(21)7-8-17(16)26-20(3,4)19(23)25/h5-10H,11H2,1-4H3,(H,22,24). The van der Waals surface area contributed by atoms with Gasteiger partial charge in [-0.2, -0.15) is 0 Å². The van der Waals surface area contributed by atoms with Crippen LogP contribution in [-0.4, -0.2) is 24.0 Å². The molecule has 0 radical (unpaired) electrons. The number of ether oxygens (including phenoxy) is 1. The van der Waals surface area contributed by atoms with Gasteiger partial charge in [-0.05, 0) is 63.1 Å². The summed E-state index contributed by atoms with van der Waals surface area (Å²) in [7, 11) is 0. The highest BCUT2D eigenvalue weighted by atomic mass is 35.5. The number of nitrogens with one attached hydrogen (secondary N) is 1. The van der Waals surface area contributed by atoms with E-state index in [1.54, 1.807) is 32.0 Å². The van der Waals surface area contributed by atoms with Crippen LogP contribution in [0.1, 0.15) is 25.0 Å². The van der Waals surface area contributed by atoms with Crippen molar-refractivity contribution in [2.45, 2.75) is 33.3 Å². The number of rotatable bonds is 3. The van der Waals surface area contributed by atoms with E-state index in [9.17, 15) is 9.59 Å². The van der Waals surface area contributed by atoms with Crippen molar-refractivity contribution < 1.29 is 14.3 Å². The van der Waals surface area contributed by atoms with Crippen molar-refractivity contribution >= 4 is 34.8 Å². The van der Waals surface area contributed by atoms with Crippen molar-refractivity contribution in [3.63, 3.8) is 0 Å². The molecular weight excluding hydrogens is 352 g/mol. The summed E-state index contributed by atoms with van der Waals surface area (Å²) in [6, 6.07) is 10.9. The maximum Gasteiger partial charge on any atom is 0.271 e. The molecule has 1 aliphatic rings. The Labute approximate surface area is 157 Å². The Bertz CT molecular complexity index is 893. The second kappa shape index (κ2) is 6.65. The third-order valence-corrected chi connectivity index (χ3v) is 4.54. The van der Waals surface area contributed by atoms with Gasteiger partial charge in [0, 0.05) is 10.7 Å². The molecule has 0 saturated heterocycles. The molecule has 2 aromatic carbocycles. The summed E-state index contributed by atoms with van der Waals surface area (Å²) >= 11 is 6.07. The van der Waals surface area contributed by atoms with Gasteiger partial charge in [0.1, 0.15) is 12.3 Å². The molecule has 136 valence electrons. The molecule has 1 N–H and O–H groups in total. The minimum atomic E-state index is -1.06. The van der Waals surface area contributed by atoms with Gasteiger partial charge in [-0.1, -0.05) is 23.7 Å². The van der Waals surface area contributed by atoms with Crippen LogP contribution in [0.15, 0.2) is 36.4 Å². The van der Waals surface area contributed by atoms with Gasteiger partial charge in [0.05, 0.1) is 5.69 Å². The minimum Gasteiger partial charge on any atom is -0.476 e. The van der Waals surface area contributed by atoms with Gasteiger partial charge in [0.15, 0.2) is 5.60 Å². The zero-order valence-electron chi connectivity index (χ0n) is 15.2. The molecule has 1 heterocycles. The van der Waals surface area contributed by atoms with Crippen LogP contribution in [0.4, 0.5) is 11.4 Å². The Morgan fingerprint density at radius 3 is 2.65 bits per heavy atom. The lowest BCUT2D eigenvalue weighted by Crippen LogP contribution is -2.54. The van der Waals surface area contributed by atoms with E-state index in [0.29, 0.717) is 16.5 Å². The van der Waals surface area contributed by atoms with Crippen molar-refractivity contribution in [2.24, 2.45) is 0 Å². The largest absolute Gasteiger partial charge is 0.476 e.